The molecule has 2 aromatic carbocycles. The molecule has 3 N–H and O–H groups in total. The fraction of sp³-hybridized carbons (Fsp3) is 0.167. The predicted octanol–water partition coefficient (Wildman–Crippen LogP) is 2.92. The van der Waals surface area contributed by atoms with Crippen molar-refractivity contribution in [2.45, 2.75) is 30.1 Å². The van der Waals surface area contributed by atoms with Crippen LogP contribution >= 0.6 is 0 Å². The molecule has 26 heavy (non-hydrogen) atoms. The minimum Gasteiger partial charge on any atom is -0.369 e. The summed E-state index contributed by atoms with van der Waals surface area (Å²) < 4.78 is 53.7. The minimum atomic E-state index is -4.10. The van der Waals surface area contributed by atoms with Gasteiger partial charge in [0, 0.05) is 17.1 Å². The van der Waals surface area contributed by atoms with Gasteiger partial charge in [-0.3, -0.25) is 4.79 Å². The van der Waals surface area contributed by atoms with E-state index in [-0.39, 0.29) is 26.4 Å². The van der Waals surface area contributed by atoms with Crippen molar-refractivity contribution in [3.05, 3.63) is 58.8 Å². The zero-order chi connectivity index (χ0) is 19.2. The standard InChI is InChI=1S/C18H16F2N2O3S/c1-9-3-10(2)5-11(4-9)26(24,25)18-12-6-13(19)14(20)7-15(12)22-16(18)8-17(21)23/h3-7,22H,8H2,1-2H3,(H2,21,23). The maximum absolute atomic E-state index is 13.7. The highest BCUT2D eigenvalue weighted by atomic mass is 32.2. The lowest BCUT2D eigenvalue weighted by molar-refractivity contribution is -0.117. The lowest BCUT2D eigenvalue weighted by atomic mass is 10.2. The predicted molar refractivity (Wildman–Crippen MR) is 92.5 cm³/mol. The number of hydrogen-bond donors (Lipinski definition) is 2. The molecule has 0 aliphatic heterocycles. The van der Waals surface area contributed by atoms with Crippen LogP contribution in [0.25, 0.3) is 10.9 Å². The first kappa shape index (κ1) is 18.1. The van der Waals surface area contributed by atoms with Crippen molar-refractivity contribution in [2.24, 2.45) is 5.73 Å². The number of amides is 1. The van der Waals surface area contributed by atoms with Crippen LogP contribution in [-0.2, 0) is 21.1 Å². The molecule has 0 aliphatic rings. The topological polar surface area (TPSA) is 93.0 Å². The van der Waals surface area contributed by atoms with E-state index in [0.29, 0.717) is 0 Å². The maximum Gasteiger partial charge on any atom is 0.223 e. The Balaban J connectivity index is 2.37. The molecule has 0 radical (unpaired) electrons. The second-order valence-corrected chi connectivity index (χ2v) is 8.10. The molecule has 8 heteroatoms. The van der Waals surface area contributed by atoms with Crippen molar-refractivity contribution in [3.8, 4) is 0 Å². The Bertz CT molecular complexity index is 1130. The van der Waals surface area contributed by atoms with Crippen molar-refractivity contribution in [3.63, 3.8) is 0 Å². The van der Waals surface area contributed by atoms with Crippen LogP contribution in [0.5, 0.6) is 0 Å². The average molecular weight is 378 g/mol. The molecule has 0 atom stereocenters. The van der Waals surface area contributed by atoms with Gasteiger partial charge in [0.1, 0.15) is 4.90 Å². The number of fused-ring (bicyclic) bond motifs is 1. The molecule has 0 saturated heterocycles. The molecule has 136 valence electrons. The van der Waals surface area contributed by atoms with E-state index in [0.717, 1.165) is 23.3 Å². The van der Waals surface area contributed by atoms with Gasteiger partial charge in [0.2, 0.25) is 15.7 Å². The molecule has 0 fully saturated rings. The number of H-pyrrole nitrogens is 1. The number of aromatic nitrogens is 1. The van der Waals surface area contributed by atoms with Gasteiger partial charge in [0.15, 0.2) is 11.6 Å². The monoisotopic (exact) mass is 378 g/mol. The number of sulfone groups is 1. The normalized spacial score (nSPS) is 11.8. The van der Waals surface area contributed by atoms with E-state index in [1.165, 1.54) is 12.1 Å². The molecule has 1 aromatic heterocycles. The Morgan fingerprint density at radius 1 is 1.04 bits per heavy atom. The van der Waals surface area contributed by atoms with E-state index in [9.17, 15) is 22.0 Å². The number of nitrogens with one attached hydrogen (secondary N) is 1. The van der Waals surface area contributed by atoms with E-state index in [1.54, 1.807) is 13.8 Å². The molecule has 1 heterocycles. The van der Waals surface area contributed by atoms with Crippen molar-refractivity contribution in [2.75, 3.05) is 0 Å². The van der Waals surface area contributed by atoms with Crippen LogP contribution in [-0.4, -0.2) is 19.3 Å². The minimum absolute atomic E-state index is 0.00309. The number of hydrogen-bond acceptors (Lipinski definition) is 3. The van der Waals surface area contributed by atoms with Crippen LogP contribution < -0.4 is 5.73 Å². The summed E-state index contributed by atoms with van der Waals surface area (Å²) >= 11 is 0. The van der Waals surface area contributed by atoms with Gasteiger partial charge in [-0.15, -0.1) is 0 Å². The van der Waals surface area contributed by atoms with Gasteiger partial charge >= 0.3 is 0 Å². The quantitative estimate of drug-likeness (QED) is 0.731. The highest BCUT2D eigenvalue weighted by molar-refractivity contribution is 7.91. The number of carbonyl (C=O) groups excluding carboxylic acids is 1. The Labute approximate surface area is 148 Å². The molecular formula is C18H16F2N2O3S. The first-order chi connectivity index (χ1) is 12.1. The van der Waals surface area contributed by atoms with E-state index < -0.39 is 33.8 Å². The highest BCUT2D eigenvalue weighted by Crippen LogP contribution is 2.34. The largest absolute Gasteiger partial charge is 0.369 e. The van der Waals surface area contributed by atoms with E-state index in [1.807, 2.05) is 6.07 Å². The summed E-state index contributed by atoms with van der Waals surface area (Å²) in [6.07, 6.45) is -0.405. The molecule has 0 saturated carbocycles. The lowest BCUT2D eigenvalue weighted by Crippen LogP contribution is -2.16. The molecule has 0 aliphatic carbocycles. The summed E-state index contributed by atoms with van der Waals surface area (Å²) in [5.74, 6) is -3.08. The van der Waals surface area contributed by atoms with Gasteiger partial charge < -0.3 is 10.7 Å². The van der Waals surface area contributed by atoms with Crippen LogP contribution in [0.1, 0.15) is 16.8 Å². The second kappa shape index (κ2) is 6.21. The smallest absolute Gasteiger partial charge is 0.223 e. The summed E-state index contributed by atoms with van der Waals surface area (Å²) in [5, 5.41) is -0.0284. The highest BCUT2D eigenvalue weighted by Gasteiger charge is 2.28. The fourth-order valence-corrected chi connectivity index (χ4v) is 4.86. The second-order valence-electron chi connectivity index (χ2n) is 6.21. The number of nitrogens with two attached hydrogens (primary N) is 1. The van der Waals surface area contributed by atoms with Gasteiger partial charge in [-0.1, -0.05) is 6.07 Å². The Hall–Kier alpha value is -2.74. The van der Waals surface area contributed by atoms with Crippen molar-refractivity contribution < 1.29 is 22.0 Å². The third kappa shape index (κ3) is 3.08. The lowest BCUT2D eigenvalue weighted by Gasteiger charge is -2.09. The van der Waals surface area contributed by atoms with Crippen molar-refractivity contribution >= 4 is 26.6 Å². The number of carbonyl (C=O) groups is 1. The number of primary amides is 1. The number of halogens is 2. The number of benzene rings is 2. The molecule has 3 rings (SSSR count). The van der Waals surface area contributed by atoms with E-state index in [4.69, 9.17) is 5.73 Å². The molecule has 0 spiro atoms. The number of rotatable bonds is 4. The molecular weight excluding hydrogens is 362 g/mol. The number of aromatic amines is 1. The molecule has 3 aromatic rings. The SMILES string of the molecule is Cc1cc(C)cc(S(=O)(=O)c2c(CC(N)=O)[nH]c3cc(F)c(F)cc23)c1. The first-order valence-electron chi connectivity index (χ1n) is 7.71. The Morgan fingerprint density at radius 2 is 1.62 bits per heavy atom. The molecule has 5 nitrogen and oxygen atoms in total. The molecule has 0 unspecified atom stereocenters. The van der Waals surface area contributed by atoms with Crippen LogP contribution in [0.15, 0.2) is 40.1 Å². The summed E-state index contributed by atoms with van der Waals surface area (Å²) in [6, 6.07) is 6.44. The summed E-state index contributed by atoms with van der Waals surface area (Å²) in [6.45, 7) is 3.50. The average Bonchev–Trinajstić information content (AvgIpc) is 2.83. The maximum atomic E-state index is 13.7. The summed E-state index contributed by atoms with van der Waals surface area (Å²) in [5.41, 5.74) is 6.74. The Kier molecular flexibility index (Phi) is 4.31. The van der Waals surface area contributed by atoms with Crippen LogP contribution in [0.3, 0.4) is 0 Å². The zero-order valence-electron chi connectivity index (χ0n) is 14.1. The third-order valence-corrected chi connectivity index (χ3v) is 5.85. The van der Waals surface area contributed by atoms with Gasteiger partial charge in [0.25, 0.3) is 0 Å². The third-order valence-electron chi connectivity index (χ3n) is 3.99. The molecule has 0 bridgehead atoms. The molecule has 1 amide bonds. The zero-order valence-corrected chi connectivity index (χ0v) is 14.9. The van der Waals surface area contributed by atoms with E-state index in [2.05, 4.69) is 4.98 Å². The van der Waals surface area contributed by atoms with Crippen LogP contribution in [0.4, 0.5) is 8.78 Å². The van der Waals surface area contributed by atoms with Crippen LogP contribution in [0.2, 0.25) is 0 Å². The van der Waals surface area contributed by atoms with Crippen molar-refractivity contribution in [1.82, 2.24) is 4.98 Å². The van der Waals surface area contributed by atoms with Gasteiger partial charge in [-0.25, -0.2) is 17.2 Å². The van der Waals surface area contributed by atoms with E-state index >= 15 is 0 Å². The van der Waals surface area contributed by atoms with Crippen LogP contribution in [0, 0.1) is 25.5 Å². The van der Waals surface area contributed by atoms with Gasteiger partial charge in [-0.2, -0.15) is 0 Å². The van der Waals surface area contributed by atoms with Gasteiger partial charge in [0.05, 0.1) is 16.8 Å². The Morgan fingerprint density at radius 3 is 2.19 bits per heavy atom. The summed E-state index contributed by atoms with van der Waals surface area (Å²) in [4.78, 5) is 13.8. The number of aryl methyl sites for hydroxylation is 2. The van der Waals surface area contributed by atoms with Gasteiger partial charge in [-0.05, 0) is 43.2 Å². The fourth-order valence-electron chi connectivity index (χ4n) is 3.03. The van der Waals surface area contributed by atoms with Crippen molar-refractivity contribution in [1.29, 1.82) is 0 Å². The summed E-state index contributed by atoms with van der Waals surface area (Å²) in [7, 11) is -4.10. The first-order valence-corrected chi connectivity index (χ1v) is 9.19.